The van der Waals surface area contributed by atoms with E-state index in [1.807, 2.05) is 43.6 Å². The van der Waals surface area contributed by atoms with Crippen molar-refractivity contribution in [2.45, 2.75) is 26.4 Å². The van der Waals surface area contributed by atoms with Crippen molar-refractivity contribution in [1.29, 1.82) is 0 Å². The van der Waals surface area contributed by atoms with Crippen LogP contribution in [0.15, 0.2) is 67.0 Å². The number of H-pyrrole nitrogens is 1. The first-order valence-electron chi connectivity index (χ1n) is 9.25. The van der Waals surface area contributed by atoms with Gasteiger partial charge >= 0.3 is 0 Å². The predicted octanol–water partition coefficient (Wildman–Crippen LogP) is 4.56. The minimum absolute atomic E-state index is 0.0841. The minimum Gasteiger partial charge on any atom is -0.306 e. The predicted molar refractivity (Wildman–Crippen MR) is 108 cm³/mol. The van der Waals surface area contributed by atoms with Crippen LogP contribution in [0.5, 0.6) is 0 Å². The molecular formula is C22H22FN5. The van der Waals surface area contributed by atoms with Gasteiger partial charge in [-0.2, -0.15) is 10.2 Å². The van der Waals surface area contributed by atoms with Crippen molar-refractivity contribution in [3.05, 3.63) is 89.6 Å². The van der Waals surface area contributed by atoms with E-state index in [0.717, 1.165) is 33.8 Å². The quantitative estimate of drug-likeness (QED) is 0.519. The zero-order valence-corrected chi connectivity index (χ0v) is 15.9. The Labute approximate surface area is 163 Å². The molecule has 6 heteroatoms. The number of aromatic nitrogens is 4. The summed E-state index contributed by atoms with van der Waals surface area (Å²) in [6.07, 6.45) is 3.69. The number of aromatic amines is 1. The van der Waals surface area contributed by atoms with E-state index >= 15 is 0 Å². The number of halogens is 1. The van der Waals surface area contributed by atoms with Crippen LogP contribution in [0.25, 0.3) is 16.9 Å². The molecule has 4 rings (SSSR count). The molecule has 0 saturated heterocycles. The zero-order chi connectivity index (χ0) is 19.5. The van der Waals surface area contributed by atoms with Crippen LogP contribution < -0.4 is 5.32 Å². The normalized spacial score (nSPS) is 12.2. The minimum atomic E-state index is -0.270. The third kappa shape index (κ3) is 3.59. The highest BCUT2D eigenvalue weighted by atomic mass is 19.1. The van der Waals surface area contributed by atoms with Gasteiger partial charge in [0.05, 0.1) is 23.8 Å². The molecule has 0 aliphatic heterocycles. The molecule has 2 aromatic carbocycles. The van der Waals surface area contributed by atoms with E-state index in [0.29, 0.717) is 6.54 Å². The molecule has 0 saturated carbocycles. The van der Waals surface area contributed by atoms with Crippen molar-refractivity contribution in [2.24, 2.45) is 0 Å². The number of rotatable bonds is 6. The Bertz CT molecular complexity index is 1070. The highest BCUT2D eigenvalue weighted by molar-refractivity contribution is 5.62. The Hall–Kier alpha value is -3.25. The number of nitrogens with one attached hydrogen (secondary N) is 2. The van der Waals surface area contributed by atoms with Crippen LogP contribution in [-0.4, -0.2) is 20.0 Å². The first-order chi connectivity index (χ1) is 13.6. The fourth-order valence-electron chi connectivity index (χ4n) is 3.39. The van der Waals surface area contributed by atoms with E-state index < -0.39 is 0 Å². The molecule has 1 atom stereocenters. The lowest BCUT2D eigenvalue weighted by Gasteiger charge is -2.14. The SMILES string of the molecule is Cc1c(C(C)NCc2cn[nH]c2-c2ccccc2)cnn1-c1cccc(F)c1. The van der Waals surface area contributed by atoms with Gasteiger partial charge in [-0.3, -0.25) is 5.10 Å². The van der Waals surface area contributed by atoms with Gasteiger partial charge in [-0.1, -0.05) is 36.4 Å². The van der Waals surface area contributed by atoms with E-state index in [-0.39, 0.29) is 11.9 Å². The average molecular weight is 375 g/mol. The third-order valence-electron chi connectivity index (χ3n) is 4.95. The molecule has 2 aromatic heterocycles. The van der Waals surface area contributed by atoms with Gasteiger partial charge in [-0.25, -0.2) is 9.07 Å². The Morgan fingerprint density at radius 1 is 1.11 bits per heavy atom. The Morgan fingerprint density at radius 2 is 1.93 bits per heavy atom. The number of benzene rings is 2. The Balaban J connectivity index is 1.50. The lowest BCUT2D eigenvalue weighted by Crippen LogP contribution is -2.18. The lowest BCUT2D eigenvalue weighted by atomic mass is 10.1. The highest BCUT2D eigenvalue weighted by Gasteiger charge is 2.15. The second-order valence-corrected chi connectivity index (χ2v) is 6.82. The lowest BCUT2D eigenvalue weighted by molar-refractivity contribution is 0.572. The van der Waals surface area contributed by atoms with Gasteiger partial charge in [0.15, 0.2) is 0 Å². The smallest absolute Gasteiger partial charge is 0.125 e. The van der Waals surface area contributed by atoms with Gasteiger partial charge in [-0.15, -0.1) is 0 Å². The molecule has 1 unspecified atom stereocenters. The first-order valence-corrected chi connectivity index (χ1v) is 9.25. The molecule has 0 aliphatic rings. The van der Waals surface area contributed by atoms with E-state index in [2.05, 4.69) is 39.7 Å². The highest BCUT2D eigenvalue weighted by Crippen LogP contribution is 2.23. The molecule has 5 nitrogen and oxygen atoms in total. The first kappa shape index (κ1) is 18.1. The standard InChI is InChI=1S/C22H22FN5/c1-15(21-14-26-28(16(21)2)20-10-6-9-19(23)11-20)24-12-18-13-25-27-22(18)17-7-4-3-5-8-17/h3-11,13-15,24H,12H2,1-2H3,(H,25,27). The molecule has 0 fully saturated rings. The zero-order valence-electron chi connectivity index (χ0n) is 15.9. The summed E-state index contributed by atoms with van der Waals surface area (Å²) < 4.78 is 15.3. The van der Waals surface area contributed by atoms with Crippen LogP contribution in [0, 0.1) is 12.7 Å². The fourth-order valence-corrected chi connectivity index (χ4v) is 3.39. The Kier molecular flexibility index (Phi) is 5.04. The molecule has 0 bridgehead atoms. The third-order valence-corrected chi connectivity index (χ3v) is 4.95. The van der Waals surface area contributed by atoms with E-state index in [1.54, 1.807) is 10.7 Å². The second-order valence-electron chi connectivity index (χ2n) is 6.82. The summed E-state index contributed by atoms with van der Waals surface area (Å²) in [5.74, 6) is -0.270. The number of hydrogen-bond acceptors (Lipinski definition) is 3. The van der Waals surface area contributed by atoms with Crippen LogP contribution in [0.2, 0.25) is 0 Å². The molecule has 0 amide bonds. The second kappa shape index (κ2) is 7.78. The summed E-state index contributed by atoms with van der Waals surface area (Å²) in [5, 5.41) is 15.3. The van der Waals surface area contributed by atoms with Gasteiger partial charge in [0, 0.05) is 29.4 Å². The molecule has 142 valence electrons. The van der Waals surface area contributed by atoms with Crippen LogP contribution >= 0.6 is 0 Å². The average Bonchev–Trinajstić information content (AvgIpc) is 3.33. The fraction of sp³-hybridized carbons (Fsp3) is 0.182. The summed E-state index contributed by atoms with van der Waals surface area (Å²) >= 11 is 0. The van der Waals surface area contributed by atoms with Crippen molar-refractivity contribution in [3.63, 3.8) is 0 Å². The van der Waals surface area contributed by atoms with Gasteiger partial charge in [0.1, 0.15) is 5.82 Å². The molecular weight excluding hydrogens is 353 g/mol. The molecule has 0 radical (unpaired) electrons. The summed E-state index contributed by atoms with van der Waals surface area (Å²) in [6, 6.07) is 16.7. The number of nitrogens with zero attached hydrogens (tertiary/aromatic N) is 3. The molecule has 0 spiro atoms. The van der Waals surface area contributed by atoms with E-state index in [1.165, 1.54) is 12.1 Å². The van der Waals surface area contributed by atoms with Crippen LogP contribution in [-0.2, 0) is 6.54 Å². The van der Waals surface area contributed by atoms with Crippen molar-refractivity contribution in [1.82, 2.24) is 25.3 Å². The van der Waals surface area contributed by atoms with Gasteiger partial charge in [-0.05, 0) is 37.6 Å². The molecule has 28 heavy (non-hydrogen) atoms. The molecule has 2 N–H and O–H groups in total. The maximum Gasteiger partial charge on any atom is 0.125 e. The van der Waals surface area contributed by atoms with Crippen molar-refractivity contribution < 1.29 is 4.39 Å². The molecule has 0 aliphatic carbocycles. The van der Waals surface area contributed by atoms with Gasteiger partial charge < -0.3 is 5.32 Å². The molecule has 2 heterocycles. The van der Waals surface area contributed by atoms with E-state index in [4.69, 9.17) is 0 Å². The number of hydrogen-bond donors (Lipinski definition) is 2. The monoisotopic (exact) mass is 375 g/mol. The maximum atomic E-state index is 13.5. The van der Waals surface area contributed by atoms with Gasteiger partial charge in [0.25, 0.3) is 0 Å². The largest absolute Gasteiger partial charge is 0.306 e. The summed E-state index contributed by atoms with van der Waals surface area (Å²) in [4.78, 5) is 0. The van der Waals surface area contributed by atoms with E-state index in [9.17, 15) is 4.39 Å². The van der Waals surface area contributed by atoms with Gasteiger partial charge in [0.2, 0.25) is 0 Å². The van der Waals surface area contributed by atoms with Crippen molar-refractivity contribution >= 4 is 0 Å². The van der Waals surface area contributed by atoms with Crippen LogP contribution in [0.3, 0.4) is 0 Å². The van der Waals surface area contributed by atoms with Crippen molar-refractivity contribution in [3.8, 4) is 16.9 Å². The molecule has 4 aromatic rings. The topological polar surface area (TPSA) is 58.5 Å². The van der Waals surface area contributed by atoms with Crippen LogP contribution in [0.4, 0.5) is 4.39 Å². The Morgan fingerprint density at radius 3 is 2.71 bits per heavy atom. The summed E-state index contributed by atoms with van der Waals surface area (Å²) in [5.41, 5.74) is 6.02. The van der Waals surface area contributed by atoms with Crippen molar-refractivity contribution in [2.75, 3.05) is 0 Å². The summed E-state index contributed by atoms with van der Waals surface area (Å²) in [6.45, 7) is 4.77. The maximum absolute atomic E-state index is 13.5. The van der Waals surface area contributed by atoms with Crippen LogP contribution in [0.1, 0.15) is 29.8 Å². The summed E-state index contributed by atoms with van der Waals surface area (Å²) in [7, 11) is 0.